The number of piperidine rings is 2. The van der Waals surface area contributed by atoms with Gasteiger partial charge in [0.05, 0.1) is 13.2 Å². The summed E-state index contributed by atoms with van der Waals surface area (Å²) in [6, 6.07) is 0. The molecule has 0 aromatic rings. The normalized spacial score (nSPS) is 24.7. The maximum atomic E-state index is 13.3. The van der Waals surface area contributed by atoms with E-state index in [1.807, 2.05) is 0 Å². The van der Waals surface area contributed by atoms with E-state index < -0.39 is 0 Å². The van der Waals surface area contributed by atoms with Crippen molar-refractivity contribution in [2.45, 2.75) is 230 Å². The molecule has 2 amide bonds. The van der Waals surface area contributed by atoms with Crippen molar-refractivity contribution in [3.8, 4) is 0 Å². The number of unbranched alkanes of at least 4 members (excludes halogenated alkanes) is 5. The number of carbonyl (C=O) groups is 4. The number of nitrogens with zero attached hydrogens (tertiary/aromatic N) is 2. The van der Waals surface area contributed by atoms with Crippen molar-refractivity contribution in [2.24, 2.45) is 0 Å². The molecule has 0 radical (unpaired) electrons. The molecule has 0 saturated carbocycles. The molecule has 0 aliphatic carbocycles. The second kappa shape index (κ2) is 18.8. The zero-order chi connectivity index (χ0) is 39.7. The summed E-state index contributed by atoms with van der Waals surface area (Å²) < 4.78 is 11.6. The van der Waals surface area contributed by atoms with E-state index in [0.717, 1.165) is 116 Å². The summed E-state index contributed by atoms with van der Waals surface area (Å²) in [5.74, 6) is 0.197. The lowest BCUT2D eigenvalue weighted by molar-refractivity contribution is -0.150. The predicted molar refractivity (Wildman–Crippen MR) is 215 cm³/mol. The van der Waals surface area contributed by atoms with Crippen molar-refractivity contribution in [2.75, 3.05) is 26.3 Å². The number of hydrogen-bond donors (Lipinski definition) is 2. The summed E-state index contributed by atoms with van der Waals surface area (Å²) in [5.41, 5.74) is -1.14. The van der Waals surface area contributed by atoms with Gasteiger partial charge in [-0.2, -0.15) is 0 Å². The van der Waals surface area contributed by atoms with E-state index in [-0.39, 0.29) is 57.0 Å². The molecule has 0 atom stereocenters. The Bertz CT molecular complexity index is 1150. The molecule has 2 N–H and O–H groups in total. The van der Waals surface area contributed by atoms with Gasteiger partial charge in [-0.25, -0.2) is 0 Å². The van der Waals surface area contributed by atoms with Crippen LogP contribution in [-0.2, 0) is 28.7 Å². The molecule has 4 aliphatic heterocycles. The molecule has 4 aliphatic rings. The Balaban J connectivity index is 1.12. The van der Waals surface area contributed by atoms with Crippen LogP contribution in [0.1, 0.15) is 197 Å². The second-order valence-corrected chi connectivity index (χ2v) is 20.2. The maximum absolute atomic E-state index is 13.3. The zero-order valence-electron chi connectivity index (χ0n) is 35.7. The Labute approximate surface area is 328 Å². The number of hydrogen-bond acceptors (Lipinski definition) is 8. The smallest absolute Gasteiger partial charge is 0.305 e. The SMILES string of the molecule is CC1(C)CC(CCOC(=O)CCCCCCCCC(=O)OCCC2(N3CCCCCC3=O)CC(C)(C)NC(C)(C)C2)(N2CCCCCC2=O)CC(C)(C)N1. The third-order valence-corrected chi connectivity index (χ3v) is 12.4. The fourth-order valence-electron chi connectivity index (χ4n) is 11.5. The van der Waals surface area contributed by atoms with E-state index in [9.17, 15) is 19.2 Å². The van der Waals surface area contributed by atoms with Crippen molar-refractivity contribution in [3.63, 3.8) is 0 Å². The summed E-state index contributed by atoms with van der Waals surface area (Å²) in [4.78, 5) is 56.4. The van der Waals surface area contributed by atoms with E-state index >= 15 is 0 Å². The average Bonchev–Trinajstić information content (AvgIpc) is 3.39. The molecule has 4 rings (SSSR count). The lowest BCUT2D eigenvalue weighted by Gasteiger charge is -2.57. The van der Waals surface area contributed by atoms with Crippen LogP contribution in [0.5, 0.6) is 0 Å². The minimum Gasteiger partial charge on any atom is -0.466 e. The zero-order valence-corrected chi connectivity index (χ0v) is 35.7. The number of amides is 2. The Morgan fingerprint density at radius 1 is 0.519 bits per heavy atom. The Morgan fingerprint density at radius 3 is 1.20 bits per heavy atom. The maximum Gasteiger partial charge on any atom is 0.305 e. The molecular weight excluding hydrogens is 681 g/mol. The Morgan fingerprint density at radius 2 is 0.852 bits per heavy atom. The van der Waals surface area contributed by atoms with E-state index in [4.69, 9.17) is 9.47 Å². The molecule has 0 aromatic carbocycles. The summed E-state index contributed by atoms with van der Waals surface area (Å²) in [5, 5.41) is 7.54. The third-order valence-electron chi connectivity index (χ3n) is 12.4. The molecule has 0 spiro atoms. The van der Waals surface area contributed by atoms with Crippen molar-refractivity contribution in [3.05, 3.63) is 0 Å². The third kappa shape index (κ3) is 13.2. The topological polar surface area (TPSA) is 117 Å². The van der Waals surface area contributed by atoms with Gasteiger partial charge in [0.1, 0.15) is 0 Å². The summed E-state index contributed by atoms with van der Waals surface area (Å²) in [6.45, 7) is 20.0. The highest BCUT2D eigenvalue weighted by molar-refractivity contribution is 5.78. The van der Waals surface area contributed by atoms with Crippen molar-refractivity contribution >= 4 is 23.8 Å². The molecule has 0 aromatic heterocycles. The van der Waals surface area contributed by atoms with Crippen molar-refractivity contribution in [1.82, 2.24) is 20.4 Å². The quantitative estimate of drug-likeness (QED) is 0.113. The number of carbonyl (C=O) groups excluding carboxylic acids is 4. The van der Waals surface area contributed by atoms with Gasteiger partial charge in [-0.1, -0.05) is 38.5 Å². The number of likely N-dealkylation sites (tertiary alicyclic amines) is 2. The second-order valence-electron chi connectivity index (χ2n) is 20.2. The van der Waals surface area contributed by atoms with Gasteiger partial charge in [0, 0.05) is 84.8 Å². The van der Waals surface area contributed by atoms with Crippen LogP contribution in [0.15, 0.2) is 0 Å². The minimum atomic E-state index is -0.316. The van der Waals surface area contributed by atoms with E-state index in [1.165, 1.54) is 0 Å². The van der Waals surface area contributed by atoms with Crippen molar-refractivity contribution in [1.29, 1.82) is 0 Å². The van der Waals surface area contributed by atoms with Crippen LogP contribution in [0.4, 0.5) is 0 Å². The van der Waals surface area contributed by atoms with E-state index in [1.54, 1.807) is 0 Å². The largest absolute Gasteiger partial charge is 0.466 e. The number of esters is 2. The standard InChI is InChI=1S/C44H78N4O6/c1-39(2)31-43(32-40(3,4)45-39,47-27-19-13-15-21-35(47)49)25-29-53-37(51)23-17-11-9-10-12-18-24-38(52)54-30-26-44(48-28-20-14-16-22-36(48)50)33-41(5,6)46-42(7,8)34-44/h45-46H,9-34H2,1-8H3. The summed E-state index contributed by atoms with van der Waals surface area (Å²) in [6.07, 6.45) is 18.5. The first-order valence-corrected chi connectivity index (χ1v) is 21.8. The Hall–Kier alpha value is -2.20. The predicted octanol–water partition coefficient (Wildman–Crippen LogP) is 8.14. The van der Waals surface area contributed by atoms with E-state index in [2.05, 4.69) is 75.8 Å². The number of ether oxygens (including phenoxy) is 2. The van der Waals surface area contributed by atoms with Gasteiger partial charge in [0.25, 0.3) is 0 Å². The van der Waals surface area contributed by atoms with Gasteiger partial charge >= 0.3 is 11.9 Å². The molecule has 54 heavy (non-hydrogen) atoms. The van der Waals surface area contributed by atoms with Crippen LogP contribution in [0.2, 0.25) is 0 Å². The minimum absolute atomic E-state index is 0.126. The van der Waals surface area contributed by atoms with Crippen LogP contribution >= 0.6 is 0 Å². The van der Waals surface area contributed by atoms with Crippen LogP contribution in [0.25, 0.3) is 0 Å². The molecule has 0 unspecified atom stereocenters. The number of rotatable bonds is 17. The average molecular weight is 759 g/mol. The van der Waals surface area contributed by atoms with Crippen LogP contribution < -0.4 is 10.6 Å². The molecule has 4 fully saturated rings. The molecule has 0 bridgehead atoms. The monoisotopic (exact) mass is 759 g/mol. The van der Waals surface area contributed by atoms with Crippen molar-refractivity contribution < 1.29 is 28.7 Å². The summed E-state index contributed by atoms with van der Waals surface area (Å²) >= 11 is 0. The molecule has 310 valence electrons. The van der Waals surface area contributed by atoms with Gasteiger partial charge in [-0.05, 0) is 120 Å². The number of nitrogens with one attached hydrogen (secondary N) is 2. The highest BCUT2D eigenvalue weighted by Crippen LogP contribution is 2.45. The molecular formula is C44H78N4O6. The van der Waals surface area contributed by atoms with Gasteiger partial charge in [0.2, 0.25) is 11.8 Å². The van der Waals surface area contributed by atoms with Gasteiger partial charge < -0.3 is 29.9 Å². The van der Waals surface area contributed by atoms with Gasteiger partial charge in [-0.15, -0.1) is 0 Å². The fraction of sp³-hybridized carbons (Fsp3) is 0.909. The molecule has 10 nitrogen and oxygen atoms in total. The van der Waals surface area contributed by atoms with Crippen LogP contribution in [-0.4, -0.2) is 93.1 Å². The first-order chi connectivity index (χ1) is 25.3. The highest BCUT2D eigenvalue weighted by Gasteiger charge is 2.52. The highest BCUT2D eigenvalue weighted by atomic mass is 16.5. The summed E-state index contributed by atoms with van der Waals surface area (Å²) in [7, 11) is 0. The van der Waals surface area contributed by atoms with Crippen LogP contribution in [0.3, 0.4) is 0 Å². The van der Waals surface area contributed by atoms with Crippen LogP contribution in [0, 0.1) is 0 Å². The fourth-order valence-corrected chi connectivity index (χ4v) is 11.5. The first kappa shape index (κ1) is 44.5. The molecule has 10 heteroatoms. The van der Waals surface area contributed by atoms with Gasteiger partial charge in [0.15, 0.2) is 0 Å². The molecule has 4 heterocycles. The molecule has 4 saturated heterocycles. The lowest BCUT2D eigenvalue weighted by Crippen LogP contribution is -2.69. The lowest BCUT2D eigenvalue weighted by atomic mass is 9.68. The first-order valence-electron chi connectivity index (χ1n) is 21.8. The van der Waals surface area contributed by atoms with Gasteiger partial charge in [-0.3, -0.25) is 19.2 Å². The van der Waals surface area contributed by atoms with E-state index in [0.29, 0.717) is 51.7 Å². The Kier molecular flexibility index (Phi) is 15.5.